The number of hydrogen-bond donors (Lipinski definition) is 12. The molecule has 0 bridgehead atoms. The summed E-state index contributed by atoms with van der Waals surface area (Å²) in [5.74, 6) is -0.277. The number of carbonyl (C=O) groups is 1. The van der Waals surface area contributed by atoms with E-state index in [1.54, 1.807) is 6.08 Å². The second-order valence-corrected chi connectivity index (χ2v) is 29.9. The lowest BCUT2D eigenvalue weighted by atomic mass is 9.96. The highest BCUT2D eigenvalue weighted by molar-refractivity contribution is 5.76. The highest BCUT2D eigenvalue weighted by Gasteiger charge is 2.54. The van der Waals surface area contributed by atoms with E-state index in [4.69, 9.17) is 28.4 Å². The van der Waals surface area contributed by atoms with Crippen molar-refractivity contribution in [3.63, 3.8) is 0 Å². The van der Waals surface area contributed by atoms with Gasteiger partial charge in [0.1, 0.15) is 73.2 Å². The Labute approximate surface area is 607 Å². The van der Waals surface area contributed by atoms with E-state index in [1.165, 1.54) is 283 Å². The predicted molar refractivity (Wildman–Crippen MR) is 397 cm³/mol. The van der Waals surface area contributed by atoms with Crippen molar-refractivity contribution in [1.29, 1.82) is 0 Å². The quantitative estimate of drug-likeness (QED) is 0.0199. The van der Waals surface area contributed by atoms with Crippen molar-refractivity contribution in [3.05, 3.63) is 24.3 Å². The third-order valence-electron chi connectivity index (χ3n) is 21.0. The molecule has 19 nitrogen and oxygen atoms in total. The first-order valence-electron chi connectivity index (χ1n) is 41.6. The molecular weight excluding hydrogens is 1270 g/mol. The van der Waals surface area contributed by atoms with Gasteiger partial charge in [0.05, 0.1) is 38.6 Å². The first-order valence-corrected chi connectivity index (χ1v) is 41.6. The van der Waals surface area contributed by atoms with Crippen molar-refractivity contribution < 1.29 is 89.4 Å². The Balaban J connectivity index is 1.35. The average Bonchev–Trinajstić information content (AvgIpc) is 0.783. The second-order valence-electron chi connectivity index (χ2n) is 29.9. The molecule has 0 radical (unpaired) electrons. The molecular formula is C81H153NO18. The number of nitrogens with one attached hydrogen (secondary N) is 1. The highest BCUT2D eigenvalue weighted by atomic mass is 16.8. The van der Waals surface area contributed by atoms with E-state index in [9.17, 15) is 61.0 Å². The molecule has 19 heteroatoms. The Bertz CT molecular complexity index is 1900. The molecule has 590 valence electrons. The highest BCUT2D eigenvalue weighted by Crippen LogP contribution is 2.33. The van der Waals surface area contributed by atoms with Crippen molar-refractivity contribution in [1.82, 2.24) is 5.32 Å². The van der Waals surface area contributed by atoms with Crippen LogP contribution in [0.15, 0.2) is 24.3 Å². The Hall–Kier alpha value is -1.73. The molecule has 12 N–H and O–H groups in total. The van der Waals surface area contributed by atoms with Crippen LogP contribution < -0.4 is 5.32 Å². The fraction of sp³-hybridized carbons (Fsp3) is 0.938. The van der Waals surface area contributed by atoms with Gasteiger partial charge in [0, 0.05) is 6.42 Å². The van der Waals surface area contributed by atoms with E-state index in [-0.39, 0.29) is 18.9 Å². The van der Waals surface area contributed by atoms with Gasteiger partial charge in [-0.1, -0.05) is 340 Å². The normalized spacial score (nSPS) is 26.5. The fourth-order valence-corrected chi connectivity index (χ4v) is 14.3. The summed E-state index contributed by atoms with van der Waals surface area (Å²) >= 11 is 0. The first-order chi connectivity index (χ1) is 48.8. The molecule has 17 unspecified atom stereocenters. The lowest BCUT2D eigenvalue weighted by Gasteiger charge is -2.48. The Morgan fingerprint density at radius 1 is 0.350 bits per heavy atom. The molecule has 0 aromatic carbocycles. The molecule has 100 heavy (non-hydrogen) atoms. The Kier molecular flexibility index (Phi) is 57.6. The number of amides is 1. The predicted octanol–water partition coefficient (Wildman–Crippen LogP) is 14.1. The van der Waals surface area contributed by atoms with E-state index in [0.29, 0.717) is 12.8 Å². The molecule has 3 rings (SSSR count). The van der Waals surface area contributed by atoms with Crippen LogP contribution >= 0.6 is 0 Å². The summed E-state index contributed by atoms with van der Waals surface area (Å²) in [7, 11) is 0. The van der Waals surface area contributed by atoms with Gasteiger partial charge in [-0.2, -0.15) is 0 Å². The molecule has 3 heterocycles. The van der Waals surface area contributed by atoms with Crippen LogP contribution in [0.2, 0.25) is 0 Å². The molecule has 0 aromatic rings. The molecule has 0 aromatic heterocycles. The second kappa shape index (κ2) is 62.3. The van der Waals surface area contributed by atoms with Crippen LogP contribution in [0.25, 0.3) is 0 Å². The van der Waals surface area contributed by atoms with Gasteiger partial charge in [0.15, 0.2) is 18.9 Å². The minimum Gasteiger partial charge on any atom is -0.394 e. The van der Waals surface area contributed by atoms with Crippen LogP contribution in [0.4, 0.5) is 0 Å². The van der Waals surface area contributed by atoms with Gasteiger partial charge in [-0.05, 0) is 32.1 Å². The number of carbonyl (C=O) groups excluding carboxylic acids is 1. The molecule has 3 fully saturated rings. The molecule has 0 aliphatic carbocycles. The number of allylic oxidation sites excluding steroid dienone is 3. The van der Waals surface area contributed by atoms with Gasteiger partial charge in [-0.3, -0.25) is 4.79 Å². The third-order valence-corrected chi connectivity index (χ3v) is 21.0. The van der Waals surface area contributed by atoms with E-state index >= 15 is 0 Å². The van der Waals surface area contributed by atoms with E-state index in [2.05, 4.69) is 31.3 Å². The largest absolute Gasteiger partial charge is 0.394 e. The summed E-state index contributed by atoms with van der Waals surface area (Å²) in [5, 5.41) is 121. The van der Waals surface area contributed by atoms with Gasteiger partial charge in [0.2, 0.25) is 5.91 Å². The lowest BCUT2D eigenvalue weighted by molar-refractivity contribution is -0.379. The molecule has 0 saturated carbocycles. The molecule has 17 atom stereocenters. The summed E-state index contributed by atoms with van der Waals surface area (Å²) in [5.41, 5.74) is 0. The standard InChI is InChI=1S/C81H153NO18/c1-3-5-7-9-11-13-15-17-19-21-23-25-27-28-29-30-31-32-33-34-35-36-37-39-41-43-45-47-49-51-53-55-57-59-69(87)82-64(65(86)58-56-54-52-50-48-46-44-42-40-38-26-24-22-20-18-16-14-12-10-8-6-4-2)63-95-79-75(93)72(90)77(67(61-84)97-79)100-81-76(94)73(91)78(68(62-85)98-81)99-80-74(92)71(89)70(88)66(60-83)96-80/h48,50,56,58,64-68,70-81,83-86,88-94H,3-47,49,51-55,57,59-63H2,1-2H3,(H,82,87)/b50-48+,58-56+. The summed E-state index contributed by atoms with van der Waals surface area (Å²) in [4.78, 5) is 13.5. The topological polar surface area (TPSA) is 307 Å². The number of rotatable bonds is 67. The van der Waals surface area contributed by atoms with Crippen molar-refractivity contribution in [2.75, 3.05) is 26.4 Å². The molecule has 0 spiro atoms. The average molecular weight is 1430 g/mol. The van der Waals surface area contributed by atoms with Crippen LogP contribution in [-0.4, -0.2) is 193 Å². The summed E-state index contributed by atoms with van der Waals surface area (Å²) < 4.78 is 34.4. The van der Waals surface area contributed by atoms with Crippen molar-refractivity contribution in [2.45, 2.75) is 458 Å². The van der Waals surface area contributed by atoms with Crippen LogP contribution in [-0.2, 0) is 33.2 Å². The molecule has 1 amide bonds. The van der Waals surface area contributed by atoms with Gasteiger partial charge in [-0.15, -0.1) is 0 Å². The number of aliphatic hydroxyl groups is 11. The Morgan fingerprint density at radius 2 is 0.640 bits per heavy atom. The summed E-state index contributed by atoms with van der Waals surface area (Å²) in [6.07, 6.45) is 49.0. The minimum atomic E-state index is -1.98. The summed E-state index contributed by atoms with van der Waals surface area (Å²) in [6, 6.07) is -0.988. The maximum absolute atomic E-state index is 13.5. The Morgan fingerprint density at radius 3 is 1.00 bits per heavy atom. The van der Waals surface area contributed by atoms with Crippen molar-refractivity contribution >= 4 is 5.91 Å². The van der Waals surface area contributed by atoms with E-state index in [0.717, 1.165) is 38.5 Å². The zero-order valence-corrected chi connectivity index (χ0v) is 63.2. The zero-order chi connectivity index (χ0) is 72.5. The number of ether oxygens (including phenoxy) is 6. The van der Waals surface area contributed by atoms with Crippen LogP contribution in [0, 0.1) is 0 Å². The molecule has 3 aliphatic rings. The monoisotopic (exact) mass is 1430 g/mol. The van der Waals surface area contributed by atoms with Gasteiger partial charge >= 0.3 is 0 Å². The number of unbranched alkanes of at least 4 members (excludes halogenated alkanes) is 49. The SMILES string of the molecule is CCCCCCCCCCCCCCCCCC/C=C/CC/C=C/C(O)C(COC1OC(CO)C(OC2OC(CO)C(OC3OC(CO)C(O)C(O)C3O)C(O)C2O)C(O)C1O)NC(=O)CCCCCCCCCCCCCCCCCCCCCCCCCCCCCCCCCCC. The summed E-state index contributed by atoms with van der Waals surface area (Å²) in [6.45, 7) is 1.78. The van der Waals surface area contributed by atoms with Crippen molar-refractivity contribution in [3.8, 4) is 0 Å². The maximum atomic E-state index is 13.5. The lowest BCUT2D eigenvalue weighted by Crippen LogP contribution is -2.66. The van der Waals surface area contributed by atoms with Gasteiger partial charge < -0.3 is 89.9 Å². The van der Waals surface area contributed by atoms with E-state index in [1.807, 2.05) is 6.08 Å². The molecule has 3 aliphatic heterocycles. The maximum Gasteiger partial charge on any atom is 0.220 e. The van der Waals surface area contributed by atoms with Crippen LogP contribution in [0.5, 0.6) is 0 Å². The van der Waals surface area contributed by atoms with Gasteiger partial charge in [0.25, 0.3) is 0 Å². The number of aliphatic hydroxyl groups excluding tert-OH is 11. The fourth-order valence-electron chi connectivity index (χ4n) is 14.3. The third kappa shape index (κ3) is 42.0. The minimum absolute atomic E-state index is 0.241. The van der Waals surface area contributed by atoms with Crippen molar-refractivity contribution in [2.24, 2.45) is 0 Å². The van der Waals surface area contributed by atoms with Crippen LogP contribution in [0.1, 0.15) is 354 Å². The smallest absolute Gasteiger partial charge is 0.220 e. The van der Waals surface area contributed by atoms with Gasteiger partial charge in [-0.25, -0.2) is 0 Å². The molecule has 3 saturated heterocycles. The van der Waals surface area contributed by atoms with E-state index < -0.39 is 124 Å². The van der Waals surface area contributed by atoms with Crippen LogP contribution in [0.3, 0.4) is 0 Å². The first kappa shape index (κ1) is 92.5. The number of hydrogen-bond acceptors (Lipinski definition) is 18. The zero-order valence-electron chi connectivity index (χ0n) is 63.2.